The van der Waals surface area contributed by atoms with Crippen LogP contribution in [0.3, 0.4) is 0 Å². The number of rotatable bonds is 7. The lowest BCUT2D eigenvalue weighted by molar-refractivity contribution is -0.385. The molecular weight excluding hydrogens is 346 g/mol. The molecule has 1 saturated heterocycles. The van der Waals surface area contributed by atoms with Crippen LogP contribution in [0.4, 0.5) is 11.4 Å². The van der Waals surface area contributed by atoms with Crippen LogP contribution < -0.4 is 5.32 Å². The lowest BCUT2D eigenvalue weighted by Crippen LogP contribution is -2.42. The van der Waals surface area contributed by atoms with Crippen LogP contribution in [-0.2, 0) is 10.0 Å². The van der Waals surface area contributed by atoms with Gasteiger partial charge in [0.05, 0.1) is 22.8 Å². The lowest BCUT2D eigenvalue weighted by Gasteiger charge is -2.31. The van der Waals surface area contributed by atoms with Gasteiger partial charge in [0.15, 0.2) is 0 Å². The van der Waals surface area contributed by atoms with Crippen molar-refractivity contribution in [2.75, 3.05) is 25.0 Å². The van der Waals surface area contributed by atoms with Crippen molar-refractivity contribution in [1.82, 2.24) is 4.31 Å². The maximum Gasteiger partial charge on any atom is 0.270 e. The van der Waals surface area contributed by atoms with Crippen molar-refractivity contribution in [2.45, 2.75) is 43.0 Å². The molecule has 2 aliphatic rings. The number of sulfonamides is 1. The summed E-state index contributed by atoms with van der Waals surface area (Å²) in [7, 11) is -3.83. The van der Waals surface area contributed by atoms with Crippen LogP contribution in [0.5, 0.6) is 0 Å². The quantitative estimate of drug-likeness (QED) is 0.561. The fourth-order valence-corrected chi connectivity index (χ4v) is 4.99. The number of nitro groups is 1. The van der Waals surface area contributed by atoms with Crippen molar-refractivity contribution >= 4 is 21.4 Å². The molecule has 1 unspecified atom stereocenters. The molecule has 138 valence electrons. The van der Waals surface area contributed by atoms with Gasteiger partial charge in [0, 0.05) is 25.2 Å². The summed E-state index contributed by atoms with van der Waals surface area (Å²) < 4.78 is 27.3. The molecule has 1 saturated carbocycles. The predicted molar refractivity (Wildman–Crippen MR) is 92.9 cm³/mol. The number of hydrogen-bond acceptors (Lipinski definition) is 6. The summed E-state index contributed by atoms with van der Waals surface area (Å²) in [4.78, 5) is 10.4. The second-order valence-corrected chi connectivity index (χ2v) is 8.93. The third-order valence-electron chi connectivity index (χ3n) is 5.09. The summed E-state index contributed by atoms with van der Waals surface area (Å²) in [6, 6.07) is 3.83. The van der Waals surface area contributed by atoms with Crippen LogP contribution in [0.25, 0.3) is 0 Å². The first-order valence-electron chi connectivity index (χ1n) is 8.45. The number of nitrogens with one attached hydrogen (secondary N) is 1. The van der Waals surface area contributed by atoms with Gasteiger partial charge in [-0.2, -0.15) is 4.31 Å². The third-order valence-corrected chi connectivity index (χ3v) is 7.02. The van der Waals surface area contributed by atoms with E-state index < -0.39 is 20.5 Å². The predicted octanol–water partition coefficient (Wildman–Crippen LogP) is 1.95. The highest BCUT2D eigenvalue weighted by molar-refractivity contribution is 7.89. The van der Waals surface area contributed by atoms with Crippen molar-refractivity contribution in [3.8, 4) is 0 Å². The van der Waals surface area contributed by atoms with E-state index in [0.717, 1.165) is 31.7 Å². The third kappa shape index (κ3) is 3.49. The number of aliphatic hydroxyl groups excluding tert-OH is 1. The minimum absolute atomic E-state index is 0.0936. The maximum absolute atomic E-state index is 13.0. The van der Waals surface area contributed by atoms with Gasteiger partial charge >= 0.3 is 0 Å². The van der Waals surface area contributed by atoms with Gasteiger partial charge in [-0.1, -0.05) is 0 Å². The molecule has 2 fully saturated rings. The molecule has 0 bridgehead atoms. The summed E-state index contributed by atoms with van der Waals surface area (Å²) in [6.07, 6.45) is 3.50. The molecule has 2 N–H and O–H groups in total. The van der Waals surface area contributed by atoms with Gasteiger partial charge in [-0.3, -0.25) is 10.1 Å². The van der Waals surface area contributed by atoms with E-state index in [9.17, 15) is 23.6 Å². The first-order chi connectivity index (χ1) is 11.8. The Morgan fingerprint density at radius 2 is 2.00 bits per heavy atom. The molecule has 1 aliphatic heterocycles. The van der Waals surface area contributed by atoms with Crippen LogP contribution in [0.15, 0.2) is 23.1 Å². The monoisotopic (exact) mass is 369 g/mol. The van der Waals surface area contributed by atoms with E-state index in [1.54, 1.807) is 0 Å². The number of hydrogen-bond donors (Lipinski definition) is 2. The molecule has 0 aromatic heterocycles. The van der Waals surface area contributed by atoms with E-state index in [2.05, 4.69) is 5.32 Å². The number of aliphatic hydroxyl groups is 1. The van der Waals surface area contributed by atoms with Crippen LogP contribution in [0.2, 0.25) is 0 Å². The Labute approximate surface area is 147 Å². The molecule has 1 aromatic carbocycles. The minimum atomic E-state index is -3.83. The molecule has 1 heterocycles. The smallest absolute Gasteiger partial charge is 0.270 e. The summed E-state index contributed by atoms with van der Waals surface area (Å²) in [5.41, 5.74) is -0.604. The summed E-state index contributed by atoms with van der Waals surface area (Å²) in [5.74, 6) is 0.259. The SMILES string of the molecule is CC(CO)(Nc1ccc([N+](=O)[O-])cc1S(=O)(=O)N1CCCC1)C1CC1. The first-order valence-corrected chi connectivity index (χ1v) is 9.89. The normalized spacial score (nSPS) is 21.0. The molecule has 1 atom stereocenters. The molecule has 0 spiro atoms. The summed E-state index contributed by atoms with van der Waals surface area (Å²) in [6.45, 7) is 2.55. The Hall–Kier alpha value is -1.71. The topological polar surface area (TPSA) is 113 Å². The van der Waals surface area contributed by atoms with Crippen LogP contribution in [0, 0.1) is 16.0 Å². The summed E-state index contributed by atoms with van der Waals surface area (Å²) >= 11 is 0. The Morgan fingerprint density at radius 1 is 1.36 bits per heavy atom. The maximum atomic E-state index is 13.0. The number of nitro benzene ring substituents is 1. The van der Waals surface area contributed by atoms with Crippen LogP contribution in [-0.4, -0.2) is 48.0 Å². The van der Waals surface area contributed by atoms with E-state index in [1.807, 2.05) is 6.92 Å². The molecule has 25 heavy (non-hydrogen) atoms. The highest BCUT2D eigenvalue weighted by Crippen LogP contribution is 2.42. The van der Waals surface area contributed by atoms with Crippen molar-refractivity contribution < 1.29 is 18.4 Å². The fraction of sp³-hybridized carbons (Fsp3) is 0.625. The van der Waals surface area contributed by atoms with Gasteiger partial charge in [0.2, 0.25) is 10.0 Å². The molecular formula is C16H23N3O5S. The number of nitrogens with zero attached hydrogens (tertiary/aromatic N) is 2. The number of non-ortho nitro benzene ring substituents is 1. The van der Waals surface area contributed by atoms with E-state index in [0.29, 0.717) is 18.8 Å². The lowest BCUT2D eigenvalue weighted by atomic mass is 9.96. The van der Waals surface area contributed by atoms with E-state index >= 15 is 0 Å². The van der Waals surface area contributed by atoms with Crippen molar-refractivity contribution in [2.24, 2.45) is 5.92 Å². The molecule has 3 rings (SSSR count). The van der Waals surface area contributed by atoms with E-state index in [-0.39, 0.29) is 23.1 Å². The Balaban J connectivity index is 2.04. The Morgan fingerprint density at radius 3 is 2.52 bits per heavy atom. The number of anilines is 1. The first kappa shape index (κ1) is 18.1. The zero-order valence-corrected chi connectivity index (χ0v) is 15.0. The van der Waals surface area contributed by atoms with Gasteiger partial charge in [0.25, 0.3) is 5.69 Å². The molecule has 8 nitrogen and oxygen atoms in total. The molecule has 9 heteroatoms. The van der Waals surface area contributed by atoms with Gasteiger partial charge in [0.1, 0.15) is 4.90 Å². The average Bonchev–Trinajstić information content (AvgIpc) is 3.29. The van der Waals surface area contributed by atoms with Gasteiger partial charge in [-0.25, -0.2) is 8.42 Å². The largest absolute Gasteiger partial charge is 0.394 e. The molecule has 1 aromatic rings. The molecule has 0 radical (unpaired) electrons. The van der Waals surface area contributed by atoms with E-state index in [1.165, 1.54) is 16.4 Å². The van der Waals surface area contributed by atoms with Gasteiger partial charge in [-0.15, -0.1) is 0 Å². The minimum Gasteiger partial charge on any atom is -0.394 e. The Bertz CT molecular complexity index is 772. The van der Waals surface area contributed by atoms with Crippen molar-refractivity contribution in [1.29, 1.82) is 0 Å². The molecule has 1 aliphatic carbocycles. The van der Waals surface area contributed by atoms with Crippen molar-refractivity contribution in [3.63, 3.8) is 0 Å². The fourth-order valence-electron chi connectivity index (χ4n) is 3.31. The zero-order valence-electron chi connectivity index (χ0n) is 14.1. The highest BCUT2D eigenvalue weighted by Gasteiger charge is 2.42. The second kappa shape index (κ2) is 6.54. The van der Waals surface area contributed by atoms with Gasteiger partial charge in [-0.05, 0) is 44.6 Å². The summed E-state index contributed by atoms with van der Waals surface area (Å²) in [5, 5.41) is 24.0. The Kier molecular flexibility index (Phi) is 4.74. The highest BCUT2D eigenvalue weighted by atomic mass is 32.2. The second-order valence-electron chi connectivity index (χ2n) is 7.02. The van der Waals surface area contributed by atoms with Crippen molar-refractivity contribution in [3.05, 3.63) is 28.3 Å². The van der Waals surface area contributed by atoms with Crippen LogP contribution >= 0.6 is 0 Å². The van der Waals surface area contributed by atoms with E-state index in [4.69, 9.17) is 0 Å². The standard InChI is InChI=1S/C16H23N3O5S/c1-16(11-20,12-4-5-12)17-14-7-6-13(19(21)22)10-15(14)25(23,24)18-8-2-3-9-18/h6-7,10,12,17,20H,2-5,8-9,11H2,1H3. The van der Waals surface area contributed by atoms with Crippen LogP contribution in [0.1, 0.15) is 32.6 Å². The zero-order chi connectivity index (χ0) is 18.2. The average molecular weight is 369 g/mol. The molecule has 0 amide bonds. The van der Waals surface area contributed by atoms with Gasteiger partial charge < -0.3 is 10.4 Å². The number of benzene rings is 1.